The lowest BCUT2D eigenvalue weighted by Gasteiger charge is -1.99. The Balaban J connectivity index is 2.84. The second kappa shape index (κ2) is 2.75. The molecule has 1 unspecified atom stereocenters. The maximum atomic E-state index is 10.2. The van der Waals surface area contributed by atoms with Crippen molar-refractivity contribution in [1.82, 2.24) is 4.98 Å². The van der Waals surface area contributed by atoms with Gasteiger partial charge in [-0.05, 0) is 13.0 Å². The third-order valence-corrected chi connectivity index (χ3v) is 1.40. The molecule has 0 amide bonds. The predicted octanol–water partition coefficient (Wildman–Crippen LogP) is 0.441. The molecule has 0 aliphatic carbocycles. The van der Waals surface area contributed by atoms with Gasteiger partial charge in [-0.15, -0.1) is 0 Å². The van der Waals surface area contributed by atoms with E-state index in [1.54, 1.807) is 13.0 Å². The van der Waals surface area contributed by atoms with Crippen molar-refractivity contribution in [3.05, 3.63) is 23.5 Å². The molecule has 1 rings (SSSR count). The molecule has 0 aliphatic heterocycles. The van der Waals surface area contributed by atoms with Gasteiger partial charge in [0.05, 0.1) is 0 Å². The largest absolute Gasteiger partial charge is 0.479 e. The number of hydrogen-bond acceptors (Lipinski definition) is 2. The molecular formula is C7H9NO3. The van der Waals surface area contributed by atoms with Gasteiger partial charge in [0.1, 0.15) is 0 Å². The lowest BCUT2D eigenvalue weighted by molar-refractivity contribution is -0.146. The number of rotatable bonds is 2. The van der Waals surface area contributed by atoms with E-state index in [0.717, 1.165) is 5.69 Å². The van der Waals surface area contributed by atoms with Gasteiger partial charge in [-0.1, -0.05) is 0 Å². The molecule has 0 bridgehead atoms. The zero-order valence-electron chi connectivity index (χ0n) is 6.03. The highest BCUT2D eigenvalue weighted by Crippen LogP contribution is 2.13. The molecule has 4 nitrogen and oxygen atoms in total. The smallest absolute Gasteiger partial charge is 0.337 e. The average molecular weight is 155 g/mol. The number of carbonyl (C=O) groups is 1. The first kappa shape index (κ1) is 7.81. The van der Waals surface area contributed by atoms with Crippen LogP contribution in [0.25, 0.3) is 0 Å². The maximum Gasteiger partial charge on any atom is 0.337 e. The highest BCUT2D eigenvalue weighted by molar-refractivity contribution is 5.73. The number of carboxylic acid groups (broad SMARTS) is 1. The summed E-state index contributed by atoms with van der Waals surface area (Å²) >= 11 is 0. The van der Waals surface area contributed by atoms with E-state index >= 15 is 0 Å². The number of hydrogen-bond donors (Lipinski definition) is 3. The molecule has 1 heterocycles. The van der Waals surface area contributed by atoms with Gasteiger partial charge in [-0.3, -0.25) is 0 Å². The molecular weight excluding hydrogens is 146 g/mol. The number of H-pyrrole nitrogens is 1. The summed E-state index contributed by atoms with van der Waals surface area (Å²) in [5.41, 5.74) is 1.22. The number of aliphatic hydroxyl groups excluding tert-OH is 1. The predicted molar refractivity (Wildman–Crippen MR) is 38.1 cm³/mol. The first-order valence-corrected chi connectivity index (χ1v) is 3.17. The van der Waals surface area contributed by atoms with Crippen molar-refractivity contribution >= 4 is 5.97 Å². The Hall–Kier alpha value is -1.29. The van der Waals surface area contributed by atoms with Crippen LogP contribution in [0.5, 0.6) is 0 Å². The zero-order valence-corrected chi connectivity index (χ0v) is 6.03. The van der Waals surface area contributed by atoms with Crippen LogP contribution in [0.2, 0.25) is 0 Å². The van der Waals surface area contributed by atoms with Crippen LogP contribution in [0, 0.1) is 6.92 Å². The number of aryl methyl sites for hydroxylation is 1. The minimum absolute atomic E-state index is 0.384. The van der Waals surface area contributed by atoms with Crippen LogP contribution in [0.1, 0.15) is 17.4 Å². The van der Waals surface area contributed by atoms with Crippen LogP contribution in [0.15, 0.2) is 12.3 Å². The molecule has 0 radical (unpaired) electrons. The molecule has 0 aromatic carbocycles. The fourth-order valence-corrected chi connectivity index (χ4v) is 0.831. The molecule has 3 N–H and O–H groups in total. The van der Waals surface area contributed by atoms with Gasteiger partial charge in [-0.25, -0.2) is 4.79 Å². The molecule has 1 atom stereocenters. The summed E-state index contributed by atoms with van der Waals surface area (Å²) in [7, 11) is 0. The van der Waals surface area contributed by atoms with Crippen molar-refractivity contribution in [2.45, 2.75) is 13.0 Å². The van der Waals surface area contributed by atoms with Gasteiger partial charge in [-0.2, -0.15) is 0 Å². The van der Waals surface area contributed by atoms with Crippen LogP contribution in [-0.2, 0) is 4.79 Å². The Labute approximate surface area is 63.5 Å². The third-order valence-electron chi connectivity index (χ3n) is 1.40. The van der Waals surface area contributed by atoms with Crippen molar-refractivity contribution in [1.29, 1.82) is 0 Å². The van der Waals surface area contributed by atoms with E-state index in [-0.39, 0.29) is 0 Å². The zero-order chi connectivity index (χ0) is 8.43. The minimum atomic E-state index is -1.42. The van der Waals surface area contributed by atoms with Gasteiger partial charge < -0.3 is 15.2 Å². The van der Waals surface area contributed by atoms with Crippen LogP contribution in [-0.4, -0.2) is 21.2 Å². The van der Waals surface area contributed by atoms with E-state index in [9.17, 15) is 4.79 Å². The fraction of sp³-hybridized carbons (Fsp3) is 0.286. The quantitative estimate of drug-likeness (QED) is 0.580. The highest BCUT2D eigenvalue weighted by Gasteiger charge is 2.16. The summed E-state index contributed by atoms with van der Waals surface area (Å²) in [6.45, 7) is 1.79. The van der Waals surface area contributed by atoms with E-state index in [2.05, 4.69) is 4.98 Å². The van der Waals surface area contributed by atoms with E-state index in [1.165, 1.54) is 6.20 Å². The Kier molecular flexibility index (Phi) is 1.96. The topological polar surface area (TPSA) is 73.3 Å². The molecule has 0 spiro atoms. The second-order valence-electron chi connectivity index (χ2n) is 2.36. The van der Waals surface area contributed by atoms with Crippen LogP contribution < -0.4 is 0 Å². The number of carboxylic acids is 1. The van der Waals surface area contributed by atoms with E-state index in [1.807, 2.05) is 0 Å². The Morgan fingerprint density at radius 2 is 2.36 bits per heavy atom. The summed E-state index contributed by atoms with van der Waals surface area (Å²) in [5.74, 6) is -1.23. The average Bonchev–Trinajstić information content (AvgIpc) is 2.34. The van der Waals surface area contributed by atoms with Crippen molar-refractivity contribution in [2.24, 2.45) is 0 Å². The first-order chi connectivity index (χ1) is 5.11. The minimum Gasteiger partial charge on any atom is -0.479 e. The molecule has 11 heavy (non-hydrogen) atoms. The Morgan fingerprint density at radius 1 is 1.73 bits per heavy atom. The molecule has 1 aromatic rings. The molecule has 0 aliphatic rings. The van der Waals surface area contributed by atoms with E-state index in [4.69, 9.17) is 10.2 Å². The van der Waals surface area contributed by atoms with E-state index in [0.29, 0.717) is 5.56 Å². The second-order valence-corrected chi connectivity index (χ2v) is 2.36. The number of aromatic amines is 1. The van der Waals surface area contributed by atoms with Gasteiger partial charge in [0.25, 0.3) is 0 Å². The summed E-state index contributed by atoms with van der Waals surface area (Å²) in [6.07, 6.45) is 0.0636. The Bertz CT molecular complexity index is 266. The SMILES string of the molecule is Cc1cc(C(O)C(=O)O)c[nH]1. The summed E-state index contributed by atoms with van der Waals surface area (Å²) in [6, 6.07) is 1.60. The van der Waals surface area contributed by atoms with Crippen molar-refractivity contribution < 1.29 is 15.0 Å². The maximum absolute atomic E-state index is 10.2. The van der Waals surface area contributed by atoms with Crippen molar-refractivity contribution in [2.75, 3.05) is 0 Å². The molecule has 0 fully saturated rings. The van der Waals surface area contributed by atoms with Crippen molar-refractivity contribution in [3.63, 3.8) is 0 Å². The lowest BCUT2D eigenvalue weighted by Crippen LogP contribution is -2.09. The monoisotopic (exact) mass is 155 g/mol. The van der Waals surface area contributed by atoms with E-state index < -0.39 is 12.1 Å². The molecule has 60 valence electrons. The fourth-order valence-electron chi connectivity index (χ4n) is 0.831. The number of aromatic nitrogens is 1. The van der Waals surface area contributed by atoms with Gasteiger partial charge in [0, 0.05) is 17.5 Å². The summed E-state index contributed by atoms with van der Waals surface area (Å²) in [5, 5.41) is 17.4. The third kappa shape index (κ3) is 1.59. The normalized spacial score (nSPS) is 12.9. The Morgan fingerprint density at radius 3 is 2.73 bits per heavy atom. The molecule has 4 heteroatoms. The summed E-state index contributed by atoms with van der Waals surface area (Å²) in [4.78, 5) is 13.0. The molecule has 0 saturated carbocycles. The van der Waals surface area contributed by atoms with Crippen molar-refractivity contribution in [3.8, 4) is 0 Å². The van der Waals surface area contributed by atoms with Crippen LogP contribution in [0.3, 0.4) is 0 Å². The van der Waals surface area contributed by atoms with Gasteiger partial charge in [0.2, 0.25) is 0 Å². The first-order valence-electron chi connectivity index (χ1n) is 3.17. The summed E-state index contributed by atoms with van der Waals surface area (Å²) < 4.78 is 0. The number of nitrogens with one attached hydrogen (secondary N) is 1. The van der Waals surface area contributed by atoms with Crippen LogP contribution in [0.4, 0.5) is 0 Å². The highest BCUT2D eigenvalue weighted by atomic mass is 16.4. The standard InChI is InChI=1S/C7H9NO3/c1-4-2-5(3-8-4)6(9)7(10)11/h2-3,6,8-9H,1H3,(H,10,11). The molecule has 0 saturated heterocycles. The molecule has 1 aromatic heterocycles. The lowest BCUT2D eigenvalue weighted by atomic mass is 10.2. The number of aliphatic carboxylic acids is 1. The number of aliphatic hydroxyl groups is 1. The van der Waals surface area contributed by atoms with Crippen LogP contribution >= 0.6 is 0 Å². The van der Waals surface area contributed by atoms with Gasteiger partial charge in [0.15, 0.2) is 6.10 Å². The van der Waals surface area contributed by atoms with Gasteiger partial charge >= 0.3 is 5.97 Å².